The van der Waals surface area contributed by atoms with Crippen molar-refractivity contribution in [1.82, 2.24) is 4.98 Å². The van der Waals surface area contributed by atoms with Crippen LogP contribution >= 0.6 is 0 Å². The van der Waals surface area contributed by atoms with Crippen LogP contribution in [0, 0.1) is 18.7 Å². The van der Waals surface area contributed by atoms with Gasteiger partial charge in [0.25, 0.3) is 10.0 Å². The molecular weight excluding hydrogens is 288 g/mol. The van der Waals surface area contributed by atoms with Crippen LogP contribution in [0.3, 0.4) is 0 Å². The number of hydrogen-bond donors (Lipinski definition) is 2. The summed E-state index contributed by atoms with van der Waals surface area (Å²) >= 11 is 0. The summed E-state index contributed by atoms with van der Waals surface area (Å²) in [4.78, 5) is 3.16. The molecule has 2 aromatic rings. The number of nitrogens with two attached hydrogens (primary N) is 1. The maximum Gasteiger partial charge on any atom is 0.263 e. The molecule has 8 heteroatoms. The van der Waals surface area contributed by atoms with Gasteiger partial charge in [0.05, 0.1) is 10.6 Å². The first-order valence-electron chi connectivity index (χ1n) is 5.50. The van der Waals surface area contributed by atoms with Gasteiger partial charge < -0.3 is 5.73 Å². The smallest absolute Gasteiger partial charge is 0.263 e. The van der Waals surface area contributed by atoms with Crippen molar-refractivity contribution in [2.75, 3.05) is 10.5 Å². The minimum atomic E-state index is -4.02. The SMILES string of the molecule is Cc1cc(S(=O)(=O)Nc2cccc(F)n2)cc(N)c1F. The van der Waals surface area contributed by atoms with Gasteiger partial charge in [-0.1, -0.05) is 6.07 Å². The van der Waals surface area contributed by atoms with E-state index in [4.69, 9.17) is 5.73 Å². The van der Waals surface area contributed by atoms with Gasteiger partial charge in [-0.2, -0.15) is 4.39 Å². The summed E-state index contributed by atoms with van der Waals surface area (Å²) in [5.74, 6) is -1.67. The molecule has 1 aromatic heterocycles. The number of nitrogen functional groups attached to an aromatic ring is 1. The molecule has 20 heavy (non-hydrogen) atoms. The Bertz CT molecular complexity index is 740. The number of sulfonamides is 1. The highest BCUT2D eigenvalue weighted by atomic mass is 32.2. The highest BCUT2D eigenvalue weighted by Crippen LogP contribution is 2.22. The van der Waals surface area contributed by atoms with E-state index in [0.29, 0.717) is 0 Å². The van der Waals surface area contributed by atoms with E-state index in [2.05, 4.69) is 9.71 Å². The summed E-state index contributed by atoms with van der Waals surface area (Å²) in [7, 11) is -4.02. The highest BCUT2D eigenvalue weighted by molar-refractivity contribution is 7.92. The number of nitrogens with one attached hydrogen (secondary N) is 1. The van der Waals surface area contributed by atoms with Crippen LogP contribution in [-0.4, -0.2) is 13.4 Å². The lowest BCUT2D eigenvalue weighted by Crippen LogP contribution is -2.15. The molecule has 0 unspecified atom stereocenters. The molecule has 0 aliphatic rings. The molecule has 1 heterocycles. The Morgan fingerprint density at radius 3 is 2.55 bits per heavy atom. The zero-order valence-electron chi connectivity index (χ0n) is 10.4. The fourth-order valence-electron chi connectivity index (χ4n) is 1.58. The number of pyridine rings is 1. The molecule has 0 radical (unpaired) electrons. The standard InChI is InChI=1S/C12H11F2N3O2S/c1-7-5-8(6-9(15)12(7)14)20(18,19)17-11-4-2-3-10(13)16-11/h2-6H,15H2,1H3,(H,16,17). The Balaban J connectivity index is 2.41. The number of aryl methyl sites for hydroxylation is 1. The van der Waals surface area contributed by atoms with Crippen molar-refractivity contribution in [2.24, 2.45) is 0 Å². The molecule has 0 atom stereocenters. The zero-order chi connectivity index (χ0) is 14.9. The van der Waals surface area contributed by atoms with Crippen molar-refractivity contribution in [3.8, 4) is 0 Å². The van der Waals surface area contributed by atoms with Crippen LogP contribution in [0.5, 0.6) is 0 Å². The number of benzene rings is 1. The van der Waals surface area contributed by atoms with Crippen LogP contribution in [-0.2, 0) is 10.0 Å². The van der Waals surface area contributed by atoms with Gasteiger partial charge in [-0.3, -0.25) is 4.72 Å². The minimum absolute atomic E-state index is 0.0950. The maximum atomic E-state index is 13.4. The summed E-state index contributed by atoms with van der Waals surface area (Å²) in [6.45, 7) is 1.39. The predicted molar refractivity (Wildman–Crippen MR) is 70.6 cm³/mol. The summed E-state index contributed by atoms with van der Waals surface area (Å²) in [5, 5.41) is 0. The van der Waals surface area contributed by atoms with E-state index < -0.39 is 21.8 Å². The van der Waals surface area contributed by atoms with Gasteiger partial charge in [-0.05, 0) is 36.8 Å². The molecule has 1 aromatic carbocycles. The molecule has 0 saturated heterocycles. The van der Waals surface area contributed by atoms with Crippen LogP contribution in [0.1, 0.15) is 5.56 Å². The first kappa shape index (κ1) is 14.2. The number of nitrogens with zero attached hydrogens (tertiary/aromatic N) is 1. The molecular formula is C12H11F2N3O2S. The van der Waals surface area contributed by atoms with Crippen molar-refractivity contribution in [3.05, 3.63) is 47.7 Å². The van der Waals surface area contributed by atoms with E-state index >= 15 is 0 Å². The molecule has 5 nitrogen and oxygen atoms in total. The number of aromatic nitrogens is 1. The highest BCUT2D eigenvalue weighted by Gasteiger charge is 2.18. The lowest BCUT2D eigenvalue weighted by Gasteiger charge is -2.09. The lowest BCUT2D eigenvalue weighted by atomic mass is 10.2. The third kappa shape index (κ3) is 2.85. The molecule has 0 spiro atoms. The zero-order valence-corrected chi connectivity index (χ0v) is 11.2. The summed E-state index contributed by atoms with van der Waals surface area (Å²) < 4.78 is 52.5. The van der Waals surface area contributed by atoms with E-state index in [-0.39, 0.29) is 22.0 Å². The van der Waals surface area contributed by atoms with Gasteiger partial charge >= 0.3 is 0 Å². The Hall–Kier alpha value is -2.22. The van der Waals surface area contributed by atoms with Gasteiger partial charge in [0.2, 0.25) is 5.95 Å². The average molecular weight is 299 g/mol. The molecule has 3 N–H and O–H groups in total. The van der Waals surface area contributed by atoms with Crippen molar-refractivity contribution in [3.63, 3.8) is 0 Å². The second-order valence-electron chi connectivity index (χ2n) is 4.09. The lowest BCUT2D eigenvalue weighted by molar-refractivity contribution is 0.584. The fourth-order valence-corrected chi connectivity index (χ4v) is 2.70. The summed E-state index contributed by atoms with van der Waals surface area (Å²) in [6, 6.07) is 5.81. The first-order valence-corrected chi connectivity index (χ1v) is 6.99. The van der Waals surface area contributed by atoms with Crippen LogP contribution in [0.15, 0.2) is 35.2 Å². The summed E-state index contributed by atoms with van der Waals surface area (Å²) in [5.41, 5.74) is 5.21. The van der Waals surface area contributed by atoms with Gasteiger partial charge in [-0.15, -0.1) is 0 Å². The Labute approximate surface area is 114 Å². The molecule has 0 aliphatic heterocycles. The van der Waals surface area contributed by atoms with E-state index in [1.165, 1.54) is 19.1 Å². The van der Waals surface area contributed by atoms with Gasteiger partial charge in [0.1, 0.15) is 11.6 Å². The largest absolute Gasteiger partial charge is 0.396 e. The third-order valence-corrected chi connectivity index (χ3v) is 3.85. The number of rotatable bonds is 3. The molecule has 0 saturated carbocycles. The molecule has 0 aliphatic carbocycles. The van der Waals surface area contributed by atoms with Crippen molar-refractivity contribution >= 4 is 21.5 Å². The molecule has 0 fully saturated rings. The van der Waals surface area contributed by atoms with Crippen LogP contribution in [0.4, 0.5) is 20.3 Å². The van der Waals surface area contributed by atoms with E-state index in [1.54, 1.807) is 0 Å². The molecule has 106 valence electrons. The van der Waals surface area contributed by atoms with Gasteiger partial charge in [0.15, 0.2) is 0 Å². The normalized spacial score (nSPS) is 11.3. The third-order valence-electron chi connectivity index (χ3n) is 2.52. The van der Waals surface area contributed by atoms with E-state index in [1.807, 2.05) is 0 Å². The predicted octanol–water partition coefficient (Wildman–Crippen LogP) is 2.05. The Kier molecular flexibility index (Phi) is 3.58. The van der Waals surface area contributed by atoms with Crippen LogP contribution in [0.2, 0.25) is 0 Å². The second kappa shape index (κ2) is 5.04. The van der Waals surface area contributed by atoms with Gasteiger partial charge in [0, 0.05) is 0 Å². The number of anilines is 2. The monoisotopic (exact) mass is 299 g/mol. The topological polar surface area (TPSA) is 85.1 Å². The first-order chi connectivity index (χ1) is 9.29. The number of hydrogen-bond acceptors (Lipinski definition) is 4. The Morgan fingerprint density at radius 1 is 1.25 bits per heavy atom. The van der Waals surface area contributed by atoms with E-state index in [0.717, 1.165) is 18.2 Å². The van der Waals surface area contributed by atoms with Crippen molar-refractivity contribution in [1.29, 1.82) is 0 Å². The molecule has 0 amide bonds. The minimum Gasteiger partial charge on any atom is -0.396 e. The molecule has 0 bridgehead atoms. The van der Waals surface area contributed by atoms with Crippen LogP contribution in [0.25, 0.3) is 0 Å². The van der Waals surface area contributed by atoms with E-state index in [9.17, 15) is 17.2 Å². The second-order valence-corrected chi connectivity index (χ2v) is 5.78. The van der Waals surface area contributed by atoms with Gasteiger partial charge in [-0.25, -0.2) is 17.8 Å². The summed E-state index contributed by atoms with van der Waals surface area (Å²) in [6.07, 6.45) is 0. The average Bonchev–Trinajstić information content (AvgIpc) is 2.34. The van der Waals surface area contributed by atoms with Crippen molar-refractivity contribution in [2.45, 2.75) is 11.8 Å². The maximum absolute atomic E-state index is 13.4. The molecule has 2 rings (SSSR count). The quantitative estimate of drug-likeness (QED) is 0.671. The van der Waals surface area contributed by atoms with Crippen LogP contribution < -0.4 is 10.5 Å². The van der Waals surface area contributed by atoms with Crippen molar-refractivity contribution < 1.29 is 17.2 Å². The number of halogens is 2. The fraction of sp³-hybridized carbons (Fsp3) is 0.0833. The Morgan fingerprint density at radius 2 is 1.95 bits per heavy atom.